The number of alkyl halides is 1. The van der Waals surface area contributed by atoms with Crippen LogP contribution >= 0.6 is 38.9 Å². The van der Waals surface area contributed by atoms with Crippen molar-refractivity contribution in [2.24, 2.45) is 0 Å². The second-order valence-electron chi connectivity index (χ2n) is 2.55. The van der Waals surface area contributed by atoms with E-state index in [1.165, 1.54) is 4.88 Å². The van der Waals surface area contributed by atoms with Crippen molar-refractivity contribution in [3.63, 3.8) is 0 Å². The summed E-state index contributed by atoms with van der Waals surface area (Å²) >= 11 is 10.6. The summed E-state index contributed by atoms with van der Waals surface area (Å²) in [4.78, 5) is 1.24. The van der Waals surface area contributed by atoms with E-state index in [1.807, 2.05) is 12.1 Å². The van der Waals surface area contributed by atoms with Crippen LogP contribution in [0.2, 0.25) is 4.34 Å². The molecule has 0 aliphatic rings. The van der Waals surface area contributed by atoms with Crippen LogP contribution < -0.4 is 0 Å². The molecule has 0 fully saturated rings. The third-order valence-corrected chi connectivity index (χ3v) is 3.57. The van der Waals surface area contributed by atoms with Gasteiger partial charge < -0.3 is 5.11 Å². The average molecular weight is 270 g/mol. The second-order valence-corrected chi connectivity index (χ2v) is 5.00. The molecule has 0 amide bonds. The third-order valence-electron chi connectivity index (χ3n) is 1.53. The Bertz CT molecular complexity index is 239. The Morgan fingerprint density at radius 2 is 2.33 bits per heavy atom. The van der Waals surface area contributed by atoms with E-state index in [4.69, 9.17) is 11.6 Å². The quantitative estimate of drug-likeness (QED) is 0.833. The zero-order valence-corrected chi connectivity index (χ0v) is 9.62. The number of thiophene rings is 1. The van der Waals surface area contributed by atoms with Crippen molar-refractivity contribution in [2.75, 3.05) is 5.33 Å². The van der Waals surface area contributed by atoms with Crippen molar-refractivity contribution in [2.45, 2.75) is 18.9 Å². The van der Waals surface area contributed by atoms with E-state index in [9.17, 15) is 5.11 Å². The summed E-state index contributed by atoms with van der Waals surface area (Å²) in [5.74, 6) is 0. The fraction of sp³-hybridized carbons (Fsp3) is 0.500. The maximum absolute atomic E-state index is 9.25. The van der Waals surface area contributed by atoms with Crippen LogP contribution in [0, 0.1) is 0 Å². The number of rotatable bonds is 4. The second kappa shape index (κ2) is 5.22. The fourth-order valence-electron chi connectivity index (χ4n) is 0.872. The topological polar surface area (TPSA) is 20.2 Å². The monoisotopic (exact) mass is 268 g/mol. The van der Waals surface area contributed by atoms with Gasteiger partial charge in [0, 0.05) is 10.2 Å². The van der Waals surface area contributed by atoms with E-state index in [0.717, 1.165) is 17.2 Å². The lowest BCUT2D eigenvalue weighted by molar-refractivity contribution is 0.191. The van der Waals surface area contributed by atoms with Gasteiger partial charge in [0.2, 0.25) is 0 Å². The summed E-state index contributed by atoms with van der Waals surface area (Å²) < 4.78 is 0.818. The van der Waals surface area contributed by atoms with Gasteiger partial charge in [-0.15, -0.1) is 11.3 Å². The standard InChI is InChI=1S/C8H10BrClOS/c9-5-6(11)1-2-7-3-4-8(10)12-7/h3-4,6,11H,1-2,5H2. The SMILES string of the molecule is OC(CBr)CCc1ccc(Cl)s1. The lowest BCUT2D eigenvalue weighted by Gasteiger charge is -2.03. The van der Waals surface area contributed by atoms with Gasteiger partial charge in [0.15, 0.2) is 0 Å². The molecule has 0 saturated carbocycles. The van der Waals surface area contributed by atoms with Crippen LogP contribution in [0.25, 0.3) is 0 Å². The van der Waals surface area contributed by atoms with Crippen LogP contribution in [-0.2, 0) is 6.42 Å². The van der Waals surface area contributed by atoms with Crippen LogP contribution in [0.15, 0.2) is 12.1 Å². The molecular weight excluding hydrogens is 260 g/mol. The maximum atomic E-state index is 9.25. The molecule has 12 heavy (non-hydrogen) atoms. The number of hydrogen-bond acceptors (Lipinski definition) is 2. The van der Waals surface area contributed by atoms with Crippen molar-refractivity contribution in [3.05, 3.63) is 21.3 Å². The molecule has 0 spiro atoms. The molecule has 1 rings (SSSR count). The summed E-state index contributed by atoms with van der Waals surface area (Å²) in [5.41, 5.74) is 0. The molecule has 1 aromatic heterocycles. The first-order valence-corrected chi connectivity index (χ1v) is 6.02. The van der Waals surface area contributed by atoms with E-state index in [0.29, 0.717) is 5.33 Å². The van der Waals surface area contributed by atoms with E-state index < -0.39 is 0 Å². The molecule has 0 aliphatic carbocycles. The third kappa shape index (κ3) is 3.44. The molecule has 0 saturated heterocycles. The normalized spacial score (nSPS) is 13.2. The lowest BCUT2D eigenvalue weighted by Crippen LogP contribution is -2.08. The van der Waals surface area contributed by atoms with E-state index in [1.54, 1.807) is 11.3 Å². The van der Waals surface area contributed by atoms with Crippen molar-refractivity contribution < 1.29 is 5.11 Å². The van der Waals surface area contributed by atoms with Gasteiger partial charge in [-0.1, -0.05) is 27.5 Å². The first kappa shape index (κ1) is 10.5. The lowest BCUT2D eigenvalue weighted by atomic mass is 10.2. The van der Waals surface area contributed by atoms with Gasteiger partial charge in [-0.3, -0.25) is 0 Å². The first-order valence-electron chi connectivity index (χ1n) is 3.70. The van der Waals surface area contributed by atoms with Gasteiger partial charge in [0.25, 0.3) is 0 Å². The van der Waals surface area contributed by atoms with Gasteiger partial charge in [-0.05, 0) is 25.0 Å². The van der Waals surface area contributed by atoms with Crippen LogP contribution in [0.5, 0.6) is 0 Å². The number of aliphatic hydroxyl groups excluding tert-OH is 1. The molecule has 4 heteroatoms. The van der Waals surface area contributed by atoms with Gasteiger partial charge >= 0.3 is 0 Å². The van der Waals surface area contributed by atoms with Crippen molar-refractivity contribution in [1.29, 1.82) is 0 Å². The number of hydrogen-bond donors (Lipinski definition) is 1. The molecular formula is C8H10BrClOS. The molecule has 0 bridgehead atoms. The van der Waals surface area contributed by atoms with Crippen molar-refractivity contribution >= 4 is 38.9 Å². The summed E-state index contributed by atoms with van der Waals surface area (Å²) in [7, 11) is 0. The highest BCUT2D eigenvalue weighted by Crippen LogP contribution is 2.22. The molecule has 1 atom stereocenters. The number of halogens is 2. The minimum atomic E-state index is -0.245. The highest BCUT2D eigenvalue weighted by molar-refractivity contribution is 9.09. The Labute approximate surface area is 89.5 Å². The number of aliphatic hydroxyl groups is 1. The molecule has 0 aliphatic heterocycles. The van der Waals surface area contributed by atoms with E-state index >= 15 is 0 Å². The van der Waals surface area contributed by atoms with Gasteiger partial charge in [-0.25, -0.2) is 0 Å². The van der Waals surface area contributed by atoms with Crippen molar-refractivity contribution in [1.82, 2.24) is 0 Å². The average Bonchev–Trinajstić information content (AvgIpc) is 2.47. The minimum absolute atomic E-state index is 0.245. The maximum Gasteiger partial charge on any atom is 0.0931 e. The molecule has 0 aromatic carbocycles. The predicted octanol–water partition coefficient (Wildman–Crippen LogP) is 3.09. The predicted molar refractivity (Wildman–Crippen MR) is 57.5 cm³/mol. The van der Waals surface area contributed by atoms with Crippen LogP contribution in [-0.4, -0.2) is 16.5 Å². The highest BCUT2D eigenvalue weighted by atomic mass is 79.9. The molecule has 0 radical (unpaired) electrons. The van der Waals surface area contributed by atoms with E-state index in [2.05, 4.69) is 15.9 Å². The molecule has 1 unspecified atom stereocenters. The Balaban J connectivity index is 2.33. The van der Waals surface area contributed by atoms with Gasteiger partial charge in [-0.2, -0.15) is 0 Å². The molecule has 1 heterocycles. The summed E-state index contributed by atoms with van der Waals surface area (Å²) in [5, 5.41) is 9.90. The number of aryl methyl sites for hydroxylation is 1. The Morgan fingerprint density at radius 3 is 2.83 bits per heavy atom. The largest absolute Gasteiger partial charge is 0.392 e. The van der Waals surface area contributed by atoms with Gasteiger partial charge in [0.1, 0.15) is 0 Å². The minimum Gasteiger partial charge on any atom is -0.392 e. The van der Waals surface area contributed by atoms with Crippen molar-refractivity contribution in [3.8, 4) is 0 Å². The Kier molecular flexibility index (Phi) is 4.57. The van der Waals surface area contributed by atoms with Gasteiger partial charge in [0.05, 0.1) is 10.4 Å². The molecule has 1 aromatic rings. The molecule has 1 nitrogen and oxygen atoms in total. The zero-order chi connectivity index (χ0) is 8.97. The summed E-state index contributed by atoms with van der Waals surface area (Å²) in [6, 6.07) is 3.90. The Hall–Kier alpha value is 0.430. The van der Waals surface area contributed by atoms with E-state index in [-0.39, 0.29) is 6.10 Å². The van der Waals surface area contributed by atoms with Crippen LogP contribution in [0.1, 0.15) is 11.3 Å². The Morgan fingerprint density at radius 1 is 1.58 bits per heavy atom. The first-order chi connectivity index (χ1) is 5.72. The summed E-state index contributed by atoms with van der Waals surface area (Å²) in [6.45, 7) is 0. The molecule has 1 N–H and O–H groups in total. The fourth-order valence-corrected chi connectivity index (χ4v) is 2.30. The van der Waals surface area contributed by atoms with Crippen LogP contribution in [0.4, 0.5) is 0 Å². The summed E-state index contributed by atoms with van der Waals surface area (Å²) in [6.07, 6.45) is 1.46. The van der Waals surface area contributed by atoms with Crippen LogP contribution in [0.3, 0.4) is 0 Å². The highest BCUT2D eigenvalue weighted by Gasteiger charge is 2.03. The smallest absolute Gasteiger partial charge is 0.0931 e. The molecule has 68 valence electrons. The zero-order valence-electron chi connectivity index (χ0n) is 6.46.